The number of alkyl halides is 1. The van der Waals surface area contributed by atoms with Gasteiger partial charge < -0.3 is 9.64 Å². The Morgan fingerprint density at radius 1 is 1.50 bits per heavy atom. The predicted molar refractivity (Wildman–Crippen MR) is 49.4 cm³/mol. The molecule has 0 saturated heterocycles. The van der Waals surface area contributed by atoms with Crippen LogP contribution in [0.1, 0.15) is 26.7 Å². The van der Waals surface area contributed by atoms with Crippen LogP contribution in [0.15, 0.2) is 0 Å². The molecule has 0 aliphatic carbocycles. The first-order valence-electron chi connectivity index (χ1n) is 4.23. The average Bonchev–Trinajstić information content (AvgIpc) is 2.06. The summed E-state index contributed by atoms with van der Waals surface area (Å²) in [6.45, 7) is 5.43. The number of halogens is 1. The van der Waals surface area contributed by atoms with Crippen LogP contribution in [0.25, 0.3) is 0 Å². The van der Waals surface area contributed by atoms with Gasteiger partial charge in [-0.2, -0.15) is 0 Å². The van der Waals surface area contributed by atoms with Crippen LogP contribution in [0.2, 0.25) is 0 Å². The normalized spacial score (nSPS) is 9.58. The van der Waals surface area contributed by atoms with Crippen LogP contribution in [0.5, 0.6) is 0 Å². The zero-order valence-electron chi connectivity index (χ0n) is 7.68. The summed E-state index contributed by atoms with van der Waals surface area (Å²) in [5, 5.41) is 0. The molecule has 12 heavy (non-hydrogen) atoms. The first-order valence-corrected chi connectivity index (χ1v) is 4.77. The number of carbonyl (C=O) groups is 1. The summed E-state index contributed by atoms with van der Waals surface area (Å²) in [5.41, 5.74) is 0. The van der Waals surface area contributed by atoms with Crippen molar-refractivity contribution in [3.05, 3.63) is 0 Å². The molecule has 0 aromatic rings. The van der Waals surface area contributed by atoms with Gasteiger partial charge in [0.05, 0.1) is 0 Å². The third kappa shape index (κ3) is 4.44. The fourth-order valence-electron chi connectivity index (χ4n) is 0.865. The SMILES string of the molecule is CCCCN(CC)C(=O)OCCl. The van der Waals surface area contributed by atoms with Crippen LogP contribution in [0, 0.1) is 0 Å². The molecule has 0 aromatic carbocycles. The second-order valence-corrected chi connectivity index (χ2v) is 2.67. The maximum absolute atomic E-state index is 11.1. The third-order valence-corrected chi connectivity index (χ3v) is 1.71. The number of unbranched alkanes of at least 4 members (excludes halogenated alkanes) is 1. The number of hydrogen-bond acceptors (Lipinski definition) is 2. The molecule has 0 N–H and O–H groups in total. The second kappa shape index (κ2) is 7.22. The van der Waals surface area contributed by atoms with E-state index in [1.54, 1.807) is 4.90 Å². The molecule has 1 amide bonds. The predicted octanol–water partition coefficient (Wildman–Crippen LogP) is 2.44. The van der Waals surface area contributed by atoms with Crippen LogP contribution in [0.4, 0.5) is 4.79 Å². The largest absolute Gasteiger partial charge is 0.433 e. The molecule has 0 aromatic heterocycles. The summed E-state index contributed by atoms with van der Waals surface area (Å²) >= 11 is 5.26. The Hall–Kier alpha value is -0.440. The molecule has 0 radical (unpaired) electrons. The van der Waals surface area contributed by atoms with Gasteiger partial charge in [-0.1, -0.05) is 24.9 Å². The molecular formula is C8H16ClNO2. The lowest BCUT2D eigenvalue weighted by atomic mass is 10.3. The molecule has 0 fully saturated rings. The number of hydrogen-bond donors (Lipinski definition) is 0. The highest BCUT2D eigenvalue weighted by Crippen LogP contribution is 1.98. The monoisotopic (exact) mass is 193 g/mol. The maximum atomic E-state index is 11.1. The van der Waals surface area contributed by atoms with Gasteiger partial charge in [0.25, 0.3) is 0 Å². The topological polar surface area (TPSA) is 29.5 Å². The molecule has 0 rings (SSSR count). The lowest BCUT2D eigenvalue weighted by Gasteiger charge is -2.18. The Kier molecular flexibility index (Phi) is 6.96. The number of rotatable bonds is 5. The Morgan fingerprint density at radius 2 is 2.17 bits per heavy atom. The van der Waals surface area contributed by atoms with E-state index in [-0.39, 0.29) is 12.2 Å². The van der Waals surface area contributed by atoms with Gasteiger partial charge in [-0.25, -0.2) is 4.79 Å². The van der Waals surface area contributed by atoms with Gasteiger partial charge in [-0.3, -0.25) is 0 Å². The minimum atomic E-state index is -0.319. The molecule has 0 atom stereocenters. The first-order chi connectivity index (χ1) is 5.76. The minimum absolute atomic E-state index is 0.0680. The fraction of sp³-hybridized carbons (Fsp3) is 0.875. The number of amides is 1. The first kappa shape index (κ1) is 11.6. The highest BCUT2D eigenvalue weighted by molar-refractivity contribution is 6.17. The summed E-state index contributed by atoms with van der Waals surface area (Å²) in [6, 6.07) is -0.0680. The third-order valence-electron chi connectivity index (χ3n) is 1.60. The van der Waals surface area contributed by atoms with E-state index in [1.165, 1.54) is 0 Å². The van der Waals surface area contributed by atoms with E-state index in [1.807, 2.05) is 6.92 Å². The minimum Gasteiger partial charge on any atom is -0.433 e. The van der Waals surface area contributed by atoms with Gasteiger partial charge >= 0.3 is 6.09 Å². The number of nitrogens with zero attached hydrogens (tertiary/aromatic N) is 1. The van der Waals surface area contributed by atoms with Gasteiger partial charge in [-0.15, -0.1) is 0 Å². The van der Waals surface area contributed by atoms with Crippen LogP contribution in [-0.4, -0.2) is 30.1 Å². The maximum Gasteiger partial charge on any atom is 0.410 e. The van der Waals surface area contributed by atoms with E-state index in [0.717, 1.165) is 19.4 Å². The summed E-state index contributed by atoms with van der Waals surface area (Å²) in [5.74, 6) is 0. The van der Waals surface area contributed by atoms with Gasteiger partial charge in [-0.05, 0) is 13.3 Å². The van der Waals surface area contributed by atoms with Crippen molar-refractivity contribution in [1.29, 1.82) is 0 Å². The molecule has 4 heteroatoms. The quantitative estimate of drug-likeness (QED) is 0.628. The molecule has 0 aliphatic rings. The highest BCUT2D eigenvalue weighted by atomic mass is 35.5. The van der Waals surface area contributed by atoms with E-state index < -0.39 is 0 Å². The van der Waals surface area contributed by atoms with Crippen molar-refractivity contribution in [3.63, 3.8) is 0 Å². The fourth-order valence-corrected chi connectivity index (χ4v) is 0.959. The zero-order chi connectivity index (χ0) is 9.40. The Morgan fingerprint density at radius 3 is 2.58 bits per heavy atom. The highest BCUT2D eigenvalue weighted by Gasteiger charge is 2.10. The molecule has 0 heterocycles. The van der Waals surface area contributed by atoms with Crippen molar-refractivity contribution < 1.29 is 9.53 Å². The zero-order valence-corrected chi connectivity index (χ0v) is 8.43. The molecule has 72 valence electrons. The average molecular weight is 194 g/mol. The van der Waals surface area contributed by atoms with Gasteiger partial charge in [0.15, 0.2) is 6.07 Å². The molecule has 0 unspecified atom stereocenters. The Labute approximate surface area is 78.6 Å². The smallest absolute Gasteiger partial charge is 0.410 e. The number of carbonyl (C=O) groups excluding carboxylic acids is 1. The molecule has 3 nitrogen and oxygen atoms in total. The second-order valence-electron chi connectivity index (χ2n) is 2.45. The van der Waals surface area contributed by atoms with Crippen LogP contribution < -0.4 is 0 Å². The Bertz CT molecular complexity index is 130. The summed E-state index contributed by atoms with van der Waals surface area (Å²) in [4.78, 5) is 12.7. The van der Waals surface area contributed by atoms with Crippen LogP contribution >= 0.6 is 11.6 Å². The molecule has 0 saturated carbocycles. The standard InChI is InChI=1S/C8H16ClNO2/c1-3-5-6-10(4-2)8(11)12-7-9/h3-7H2,1-2H3. The van der Waals surface area contributed by atoms with Gasteiger partial charge in [0.1, 0.15) is 0 Å². The summed E-state index contributed by atoms with van der Waals surface area (Å²) in [7, 11) is 0. The van der Waals surface area contributed by atoms with Crippen LogP contribution in [0.3, 0.4) is 0 Å². The molecule has 0 spiro atoms. The van der Waals surface area contributed by atoms with E-state index >= 15 is 0 Å². The van der Waals surface area contributed by atoms with Gasteiger partial charge in [0, 0.05) is 13.1 Å². The van der Waals surface area contributed by atoms with Crippen molar-refractivity contribution in [2.45, 2.75) is 26.7 Å². The van der Waals surface area contributed by atoms with Gasteiger partial charge in [0.2, 0.25) is 0 Å². The lowest BCUT2D eigenvalue weighted by Crippen LogP contribution is -2.32. The molecular weight excluding hydrogens is 178 g/mol. The molecule has 0 aliphatic heterocycles. The van der Waals surface area contributed by atoms with Crippen molar-refractivity contribution in [2.24, 2.45) is 0 Å². The number of ether oxygens (including phenoxy) is 1. The molecule has 0 bridgehead atoms. The van der Waals surface area contributed by atoms with E-state index in [2.05, 4.69) is 11.7 Å². The van der Waals surface area contributed by atoms with Crippen molar-refractivity contribution >= 4 is 17.7 Å². The Balaban J connectivity index is 3.71. The van der Waals surface area contributed by atoms with E-state index in [9.17, 15) is 4.79 Å². The van der Waals surface area contributed by atoms with Crippen molar-refractivity contribution in [3.8, 4) is 0 Å². The lowest BCUT2D eigenvalue weighted by molar-refractivity contribution is 0.119. The van der Waals surface area contributed by atoms with E-state index in [0.29, 0.717) is 6.54 Å². The van der Waals surface area contributed by atoms with Crippen LogP contribution in [-0.2, 0) is 4.74 Å². The van der Waals surface area contributed by atoms with E-state index in [4.69, 9.17) is 11.6 Å². The summed E-state index contributed by atoms with van der Waals surface area (Å²) in [6.07, 6.45) is 1.76. The van der Waals surface area contributed by atoms with Crippen molar-refractivity contribution in [1.82, 2.24) is 4.90 Å². The summed E-state index contributed by atoms with van der Waals surface area (Å²) < 4.78 is 4.64. The van der Waals surface area contributed by atoms with Crippen molar-refractivity contribution in [2.75, 3.05) is 19.2 Å².